The molecule has 3 fully saturated rings. The first-order valence-electron chi connectivity index (χ1n) is 18.7. The monoisotopic (exact) mass is 869 g/mol. The topological polar surface area (TPSA) is 291 Å². The third-order valence-corrected chi connectivity index (χ3v) is 12.2. The molecule has 0 aliphatic carbocycles. The molecule has 20 heteroatoms. The Labute approximate surface area is 347 Å². The highest BCUT2D eigenvalue weighted by Gasteiger charge is 2.54. The lowest BCUT2D eigenvalue weighted by atomic mass is 9.90. The highest BCUT2D eigenvalue weighted by molar-refractivity contribution is 7.86. The zero-order chi connectivity index (χ0) is 43.9. The number of anilines is 1. The van der Waals surface area contributed by atoms with Crippen molar-refractivity contribution in [2.24, 2.45) is 0 Å². The van der Waals surface area contributed by atoms with Gasteiger partial charge in [-0.05, 0) is 59.2 Å². The minimum Gasteiger partial charge on any atom is -0.479 e. The van der Waals surface area contributed by atoms with Gasteiger partial charge in [0.1, 0.15) is 59.2 Å². The van der Waals surface area contributed by atoms with Crippen LogP contribution in [0.4, 0.5) is 10.1 Å². The van der Waals surface area contributed by atoms with Crippen LogP contribution in [0.25, 0.3) is 11.1 Å². The number of carboxylic acid groups (broad SMARTS) is 2. The predicted octanol–water partition coefficient (Wildman–Crippen LogP) is -0.0265. The van der Waals surface area contributed by atoms with Gasteiger partial charge in [0, 0.05) is 22.1 Å². The van der Waals surface area contributed by atoms with Crippen LogP contribution in [-0.4, -0.2) is 140 Å². The Hall–Kier alpha value is -5.39. The van der Waals surface area contributed by atoms with Gasteiger partial charge in [-0.15, -0.1) is 0 Å². The highest BCUT2D eigenvalue weighted by atomic mass is 32.2. The minimum atomic E-state index is -2.12. The van der Waals surface area contributed by atoms with Crippen molar-refractivity contribution < 1.29 is 87.9 Å². The zero-order valence-electron chi connectivity index (χ0n) is 31.5. The van der Waals surface area contributed by atoms with Crippen LogP contribution in [0.15, 0.2) is 97.1 Å². The fourth-order valence-corrected chi connectivity index (χ4v) is 8.91. The summed E-state index contributed by atoms with van der Waals surface area (Å²) in [5.74, 6) is -5.11. The molecule has 0 spiro atoms. The molecule has 3 saturated heterocycles. The summed E-state index contributed by atoms with van der Waals surface area (Å²) >= 11 is 0. The molecule has 0 bridgehead atoms. The Balaban J connectivity index is 1.28. The number of halogens is 1. The number of nitrogens with zero attached hydrogens (tertiary/aromatic N) is 1. The largest absolute Gasteiger partial charge is 0.479 e. The molecule has 3 aliphatic rings. The lowest BCUT2D eigenvalue weighted by Gasteiger charge is -2.47. The summed E-state index contributed by atoms with van der Waals surface area (Å²) < 4.78 is 50.2. The van der Waals surface area contributed by atoms with E-state index in [9.17, 15) is 68.9 Å². The SMILES string of the molecule is O=C(O)C1O[C@@H](Oc2cccc(-c3ccc([C@@H]4[C@@H](S(=O)C[C@H](O)c5ccc(F)cc5)C(=O)N4c4ccccc4)c(O[C@@H]4OC(C(=O)O)C(O)[C@H](O)C4O)c3)c2)C(O)[C@@H](O)C1O. The van der Waals surface area contributed by atoms with Crippen LogP contribution in [0, 0.1) is 5.82 Å². The molecular formula is C41H40FNO17S. The molecular weight excluding hydrogens is 830 g/mol. The smallest absolute Gasteiger partial charge is 0.335 e. The summed E-state index contributed by atoms with van der Waals surface area (Å²) in [6, 6.07) is 22.4. The maximum absolute atomic E-state index is 14.1. The van der Waals surface area contributed by atoms with E-state index in [1.54, 1.807) is 42.5 Å². The molecule has 7 rings (SSSR count). The number of carboxylic acids is 2. The van der Waals surface area contributed by atoms with Crippen molar-refractivity contribution in [3.05, 3.63) is 114 Å². The molecule has 18 nitrogen and oxygen atoms in total. The van der Waals surface area contributed by atoms with E-state index < -0.39 is 119 Å². The quantitative estimate of drug-likeness (QED) is 0.0798. The summed E-state index contributed by atoms with van der Waals surface area (Å²) in [6.07, 6.45) is -21.0. The van der Waals surface area contributed by atoms with Crippen molar-refractivity contribution in [2.45, 2.75) is 78.8 Å². The Kier molecular flexibility index (Phi) is 12.8. The summed E-state index contributed by atoms with van der Waals surface area (Å²) in [7, 11) is -2.12. The fourth-order valence-electron chi connectivity index (χ4n) is 7.31. The van der Waals surface area contributed by atoms with Gasteiger partial charge in [-0.25, -0.2) is 14.0 Å². The normalized spacial score (nSPS) is 31.1. The summed E-state index contributed by atoms with van der Waals surface area (Å²) in [5, 5.41) is 91.6. The van der Waals surface area contributed by atoms with Crippen molar-refractivity contribution in [1.82, 2.24) is 0 Å². The first-order valence-corrected chi connectivity index (χ1v) is 20.1. The minimum absolute atomic E-state index is 0.0108. The predicted molar refractivity (Wildman–Crippen MR) is 207 cm³/mol. The molecule has 3 aliphatic heterocycles. The van der Waals surface area contributed by atoms with E-state index in [2.05, 4.69) is 0 Å². The molecule has 0 aromatic heterocycles. The Morgan fingerprint density at radius 1 is 0.705 bits per heavy atom. The third-order valence-electron chi connectivity index (χ3n) is 10.6. The van der Waals surface area contributed by atoms with Gasteiger partial charge in [-0.2, -0.15) is 0 Å². The standard InChI is InChI=1S/C41H40FNO17S/c42-21-12-9-18(10-13-21)25(44)17-61(56)36-27(43(37(36)51)22-6-2-1-3-7-22)24-14-11-20(16-26(24)58-41-33(50)29(46)31(48)35(60-41)39(54)55)19-5-4-8-23(15-19)57-40-32(49)28(45)30(47)34(59-40)38(52)53/h1-16,25,27-36,40-41,44-50H,17H2,(H,52,53)(H,54,55)/t25-,27+,28-,29-,30?,31?,32?,33?,34?,35?,36+,40+,41+,61?/m0/s1. The Morgan fingerprint density at radius 3 is 1.87 bits per heavy atom. The van der Waals surface area contributed by atoms with E-state index in [-0.39, 0.29) is 22.6 Å². The first kappa shape index (κ1) is 43.7. The highest BCUT2D eigenvalue weighted by Crippen LogP contribution is 2.47. The molecule has 324 valence electrons. The number of β-lactam (4-membered cyclic amide) rings is 1. The van der Waals surface area contributed by atoms with Gasteiger partial charge in [-0.3, -0.25) is 9.00 Å². The molecule has 9 N–H and O–H groups in total. The van der Waals surface area contributed by atoms with Crippen LogP contribution in [0.2, 0.25) is 0 Å². The number of ether oxygens (including phenoxy) is 4. The molecule has 61 heavy (non-hydrogen) atoms. The first-order chi connectivity index (χ1) is 29.0. The molecule has 4 aromatic carbocycles. The molecule has 4 aromatic rings. The Morgan fingerprint density at radius 2 is 1.28 bits per heavy atom. The van der Waals surface area contributed by atoms with Gasteiger partial charge in [0.05, 0.1) is 17.9 Å². The van der Waals surface area contributed by atoms with Crippen LogP contribution < -0.4 is 14.4 Å². The summed E-state index contributed by atoms with van der Waals surface area (Å²) in [6.45, 7) is 0. The van der Waals surface area contributed by atoms with Crippen molar-refractivity contribution in [1.29, 1.82) is 0 Å². The molecule has 7 unspecified atom stereocenters. The van der Waals surface area contributed by atoms with Gasteiger partial charge in [0.25, 0.3) is 0 Å². The second-order valence-corrected chi connectivity index (χ2v) is 16.1. The number of hydrogen-bond acceptors (Lipinski definition) is 15. The van der Waals surface area contributed by atoms with Crippen LogP contribution in [0.5, 0.6) is 11.5 Å². The van der Waals surface area contributed by atoms with Crippen molar-refractivity contribution in [3.8, 4) is 22.6 Å². The molecule has 14 atom stereocenters. The Bertz CT molecular complexity index is 2270. The van der Waals surface area contributed by atoms with E-state index in [4.69, 9.17) is 18.9 Å². The van der Waals surface area contributed by atoms with Crippen LogP contribution in [0.1, 0.15) is 23.3 Å². The second-order valence-electron chi connectivity index (χ2n) is 14.5. The van der Waals surface area contributed by atoms with Gasteiger partial charge >= 0.3 is 11.9 Å². The maximum atomic E-state index is 14.1. The average Bonchev–Trinajstić information content (AvgIpc) is 3.23. The van der Waals surface area contributed by atoms with E-state index in [0.717, 1.165) is 12.1 Å². The van der Waals surface area contributed by atoms with E-state index >= 15 is 0 Å². The van der Waals surface area contributed by atoms with Gasteiger partial charge in [0.15, 0.2) is 12.2 Å². The fraction of sp³-hybridized carbons (Fsp3) is 0.341. The third kappa shape index (κ3) is 8.73. The number of carbonyl (C=O) groups excluding carboxylic acids is 1. The number of aliphatic carboxylic acids is 2. The number of hydrogen-bond donors (Lipinski definition) is 9. The van der Waals surface area contributed by atoms with E-state index in [0.29, 0.717) is 16.8 Å². The number of para-hydroxylation sites is 1. The van der Waals surface area contributed by atoms with Gasteiger partial charge < -0.3 is 69.8 Å². The molecule has 1 amide bonds. The number of rotatable bonds is 13. The lowest BCUT2D eigenvalue weighted by molar-refractivity contribution is -0.271. The van der Waals surface area contributed by atoms with Crippen LogP contribution in [0.3, 0.4) is 0 Å². The second kappa shape index (κ2) is 17.9. The maximum Gasteiger partial charge on any atom is 0.335 e. The van der Waals surface area contributed by atoms with Crippen molar-refractivity contribution >= 4 is 34.3 Å². The molecule has 3 heterocycles. The number of amides is 1. The van der Waals surface area contributed by atoms with E-state index in [1.807, 2.05) is 0 Å². The van der Waals surface area contributed by atoms with Gasteiger partial charge in [0.2, 0.25) is 18.5 Å². The van der Waals surface area contributed by atoms with Gasteiger partial charge in [-0.1, -0.05) is 54.6 Å². The average molecular weight is 870 g/mol. The molecule has 0 radical (unpaired) electrons. The van der Waals surface area contributed by atoms with Crippen molar-refractivity contribution in [3.63, 3.8) is 0 Å². The van der Waals surface area contributed by atoms with E-state index in [1.165, 1.54) is 47.4 Å². The lowest BCUT2D eigenvalue weighted by Crippen LogP contribution is -2.62. The van der Waals surface area contributed by atoms with Crippen molar-refractivity contribution in [2.75, 3.05) is 10.7 Å². The summed E-state index contributed by atoms with van der Waals surface area (Å²) in [5.41, 5.74) is 1.43. The summed E-state index contributed by atoms with van der Waals surface area (Å²) in [4.78, 5) is 38.9. The number of aliphatic hydroxyl groups is 7. The van der Waals surface area contributed by atoms with Crippen LogP contribution in [-0.2, 0) is 34.7 Å². The zero-order valence-corrected chi connectivity index (χ0v) is 32.3. The van der Waals surface area contributed by atoms with Crippen LogP contribution >= 0.6 is 0 Å². The number of aliphatic hydroxyl groups excluding tert-OH is 7. The number of benzene rings is 4. The number of carbonyl (C=O) groups is 3. The molecule has 0 saturated carbocycles.